The van der Waals surface area contributed by atoms with E-state index in [0.29, 0.717) is 12.1 Å². The molecule has 5 nitrogen and oxygen atoms in total. The lowest BCUT2D eigenvalue weighted by atomic mass is 9.96. The third-order valence-electron chi connectivity index (χ3n) is 4.85. The highest BCUT2D eigenvalue weighted by atomic mass is 32.2. The minimum Gasteiger partial charge on any atom is -0.461 e. The lowest BCUT2D eigenvalue weighted by Gasteiger charge is -2.22. The van der Waals surface area contributed by atoms with Crippen molar-refractivity contribution in [3.05, 3.63) is 47.0 Å². The Morgan fingerprint density at radius 2 is 2.04 bits per heavy atom. The molecule has 27 heavy (non-hydrogen) atoms. The molecule has 2 aromatic heterocycles. The van der Waals surface area contributed by atoms with Crippen molar-refractivity contribution in [3.63, 3.8) is 0 Å². The van der Waals surface area contributed by atoms with Crippen molar-refractivity contribution in [1.82, 2.24) is 0 Å². The summed E-state index contributed by atoms with van der Waals surface area (Å²) >= 11 is 1.12. The quantitative estimate of drug-likeness (QED) is 0.608. The van der Waals surface area contributed by atoms with Gasteiger partial charge in [0.15, 0.2) is 0 Å². The third kappa shape index (κ3) is 3.19. The molecule has 142 valence electrons. The van der Waals surface area contributed by atoms with Gasteiger partial charge in [0.25, 0.3) is 10.0 Å². The Labute approximate surface area is 162 Å². The molecule has 4 rings (SSSR count). The molecule has 0 N–H and O–H groups in total. The Kier molecular flexibility index (Phi) is 4.82. The van der Waals surface area contributed by atoms with E-state index in [2.05, 4.69) is 0 Å². The molecule has 0 saturated carbocycles. The first-order chi connectivity index (χ1) is 13.0. The monoisotopic (exact) mass is 403 g/mol. The van der Waals surface area contributed by atoms with Gasteiger partial charge in [-0.25, -0.2) is 4.31 Å². The number of anilines is 1. The number of fused-ring (bicyclic) bond motifs is 3. The normalized spacial score (nSPS) is 14.3. The smallest absolute Gasteiger partial charge is 0.280 e. The molecule has 2 heterocycles. The molecule has 0 atom stereocenters. The van der Waals surface area contributed by atoms with Gasteiger partial charge >= 0.3 is 0 Å². The number of hydrogen-bond donors (Lipinski definition) is 0. The average Bonchev–Trinajstić information content (AvgIpc) is 3.30. The molecular weight excluding hydrogens is 382 g/mol. The Hall–Kier alpha value is -2.12. The van der Waals surface area contributed by atoms with Crippen molar-refractivity contribution in [2.75, 3.05) is 4.31 Å². The van der Waals surface area contributed by atoms with Gasteiger partial charge in [-0.1, -0.05) is 13.0 Å². The molecule has 1 aliphatic rings. The van der Waals surface area contributed by atoms with E-state index in [0.717, 1.165) is 63.6 Å². The molecule has 0 unspecified atom stereocenters. The van der Waals surface area contributed by atoms with Crippen molar-refractivity contribution < 1.29 is 17.6 Å². The maximum absolute atomic E-state index is 13.2. The number of carbonyl (C=O) groups excluding carboxylic acids is 1. The van der Waals surface area contributed by atoms with Gasteiger partial charge in [0.2, 0.25) is 5.91 Å². The van der Waals surface area contributed by atoms with Gasteiger partial charge in [0.05, 0.1) is 5.69 Å². The van der Waals surface area contributed by atoms with Crippen LogP contribution in [0.4, 0.5) is 5.69 Å². The van der Waals surface area contributed by atoms with Gasteiger partial charge in [-0.2, -0.15) is 8.42 Å². The third-order valence-corrected chi connectivity index (χ3v) is 7.98. The van der Waals surface area contributed by atoms with Crippen molar-refractivity contribution in [1.29, 1.82) is 0 Å². The zero-order valence-electron chi connectivity index (χ0n) is 15.1. The minimum absolute atomic E-state index is 0.168. The first-order valence-corrected chi connectivity index (χ1v) is 11.5. The van der Waals surface area contributed by atoms with E-state index < -0.39 is 15.9 Å². The number of thiophene rings is 1. The van der Waals surface area contributed by atoms with Crippen LogP contribution in [0.2, 0.25) is 0 Å². The molecule has 1 aromatic carbocycles. The highest BCUT2D eigenvalue weighted by Gasteiger charge is 2.32. The molecule has 3 aromatic rings. The molecule has 0 bridgehead atoms. The fourth-order valence-corrected chi connectivity index (χ4v) is 6.12. The van der Waals surface area contributed by atoms with Crippen molar-refractivity contribution in [2.45, 2.75) is 49.7 Å². The molecule has 1 aliphatic carbocycles. The first kappa shape index (κ1) is 18.3. The highest BCUT2D eigenvalue weighted by molar-refractivity contribution is 7.95. The zero-order valence-corrected chi connectivity index (χ0v) is 16.7. The summed E-state index contributed by atoms with van der Waals surface area (Å²) in [5.74, 6) is 0.573. The van der Waals surface area contributed by atoms with Crippen molar-refractivity contribution >= 4 is 43.9 Å². The molecule has 0 fully saturated rings. The minimum atomic E-state index is -3.93. The number of aryl methyl sites for hydroxylation is 2. The standard InChI is InChI=1S/C20H21NO4S2/c1-2-6-19(22)21(27(23,24)20-9-5-12-26-20)14-10-11-18-16(13-14)15-7-3-4-8-17(15)25-18/h5,9-13H,2-4,6-8H2,1H3. The number of sulfonamides is 1. The van der Waals surface area contributed by atoms with E-state index in [1.807, 2.05) is 6.92 Å². The summed E-state index contributed by atoms with van der Waals surface area (Å²) in [5, 5.41) is 2.61. The van der Waals surface area contributed by atoms with Crippen LogP contribution in [0.15, 0.2) is 44.3 Å². The number of rotatable bonds is 5. The number of amides is 1. The average molecular weight is 404 g/mol. The van der Waals surface area contributed by atoms with Crippen molar-refractivity contribution in [2.24, 2.45) is 0 Å². The lowest BCUT2D eigenvalue weighted by molar-refractivity contribution is -0.117. The van der Waals surface area contributed by atoms with Crippen LogP contribution in [-0.4, -0.2) is 14.3 Å². The number of nitrogens with zero attached hydrogens (tertiary/aromatic N) is 1. The number of furan rings is 1. The van der Waals surface area contributed by atoms with Crippen LogP contribution < -0.4 is 4.31 Å². The van der Waals surface area contributed by atoms with Crippen LogP contribution in [-0.2, 0) is 27.7 Å². The van der Waals surface area contributed by atoms with Gasteiger partial charge in [-0.15, -0.1) is 11.3 Å². The number of hydrogen-bond acceptors (Lipinski definition) is 5. The fraction of sp³-hybridized carbons (Fsp3) is 0.350. The van der Waals surface area contributed by atoms with E-state index >= 15 is 0 Å². The molecule has 0 aliphatic heterocycles. The largest absolute Gasteiger partial charge is 0.461 e. The summed E-state index contributed by atoms with van der Waals surface area (Å²) in [5.41, 5.74) is 2.28. The second kappa shape index (κ2) is 7.13. The molecular formula is C20H21NO4S2. The van der Waals surface area contributed by atoms with E-state index in [1.54, 1.807) is 29.6 Å². The Balaban J connectivity index is 1.86. The van der Waals surface area contributed by atoms with Crippen LogP contribution >= 0.6 is 11.3 Å². The van der Waals surface area contributed by atoms with Crippen LogP contribution in [0.1, 0.15) is 43.9 Å². The van der Waals surface area contributed by atoms with Crippen molar-refractivity contribution in [3.8, 4) is 0 Å². The molecule has 7 heteroatoms. The highest BCUT2D eigenvalue weighted by Crippen LogP contribution is 2.36. The van der Waals surface area contributed by atoms with E-state index in [4.69, 9.17) is 4.42 Å². The molecule has 0 saturated heterocycles. The van der Waals surface area contributed by atoms with E-state index in [1.165, 1.54) is 6.07 Å². The fourth-order valence-electron chi connectivity index (χ4n) is 3.61. The molecule has 0 radical (unpaired) electrons. The van der Waals surface area contributed by atoms with Gasteiger partial charge in [-0.3, -0.25) is 4.79 Å². The summed E-state index contributed by atoms with van der Waals surface area (Å²) in [6.07, 6.45) is 4.79. The number of benzene rings is 1. The zero-order chi connectivity index (χ0) is 19.0. The predicted molar refractivity (Wildman–Crippen MR) is 107 cm³/mol. The van der Waals surface area contributed by atoms with Crippen LogP contribution in [0.3, 0.4) is 0 Å². The second-order valence-corrected chi connectivity index (χ2v) is 9.70. The number of carbonyl (C=O) groups is 1. The van der Waals surface area contributed by atoms with Gasteiger partial charge < -0.3 is 4.42 Å². The molecule has 0 spiro atoms. The summed E-state index contributed by atoms with van der Waals surface area (Å²) in [7, 11) is -3.93. The van der Waals surface area contributed by atoms with Crippen LogP contribution in [0, 0.1) is 0 Å². The van der Waals surface area contributed by atoms with Gasteiger partial charge in [0.1, 0.15) is 15.6 Å². The summed E-state index contributed by atoms with van der Waals surface area (Å²) < 4.78 is 33.4. The Morgan fingerprint density at radius 1 is 1.22 bits per heavy atom. The van der Waals surface area contributed by atoms with Gasteiger partial charge in [-0.05, 0) is 55.3 Å². The summed E-state index contributed by atoms with van der Waals surface area (Å²) in [6, 6.07) is 8.44. The Bertz CT molecular complexity index is 1080. The van der Waals surface area contributed by atoms with Crippen LogP contribution in [0.25, 0.3) is 11.0 Å². The summed E-state index contributed by atoms with van der Waals surface area (Å²) in [4.78, 5) is 12.8. The van der Waals surface area contributed by atoms with Gasteiger partial charge in [0, 0.05) is 23.8 Å². The SMILES string of the molecule is CCCC(=O)N(c1ccc2oc3c(c2c1)CCCC3)S(=O)(=O)c1cccs1. The maximum Gasteiger partial charge on any atom is 0.280 e. The molecule has 1 amide bonds. The van der Waals surface area contributed by atoms with Crippen LogP contribution in [0.5, 0.6) is 0 Å². The first-order valence-electron chi connectivity index (χ1n) is 9.18. The topological polar surface area (TPSA) is 67.6 Å². The summed E-state index contributed by atoms with van der Waals surface area (Å²) in [6.45, 7) is 1.86. The maximum atomic E-state index is 13.2. The van der Waals surface area contributed by atoms with E-state index in [-0.39, 0.29) is 10.6 Å². The second-order valence-electron chi connectivity index (χ2n) is 6.74. The predicted octanol–water partition coefficient (Wildman–Crippen LogP) is 4.90. The lowest BCUT2D eigenvalue weighted by Crippen LogP contribution is -2.36. The van der Waals surface area contributed by atoms with E-state index in [9.17, 15) is 13.2 Å². The Morgan fingerprint density at radius 3 is 2.78 bits per heavy atom.